The van der Waals surface area contributed by atoms with E-state index in [0.29, 0.717) is 18.7 Å². The van der Waals surface area contributed by atoms with Gasteiger partial charge in [-0.15, -0.1) is 0 Å². The zero-order valence-corrected chi connectivity index (χ0v) is 10.0. The van der Waals surface area contributed by atoms with E-state index in [1.165, 1.54) is 5.01 Å². The number of nitrogens with zero attached hydrogens (tertiary/aromatic N) is 2. The van der Waals surface area contributed by atoms with Crippen LogP contribution in [0.5, 0.6) is 0 Å². The van der Waals surface area contributed by atoms with Gasteiger partial charge in [0.15, 0.2) is 0 Å². The minimum atomic E-state index is -0.666. The molecule has 1 aromatic rings. The summed E-state index contributed by atoms with van der Waals surface area (Å²) in [7, 11) is 0. The Bertz CT molecular complexity index is 525. The third-order valence-corrected chi connectivity index (χ3v) is 2.60. The molecular formula is C12H14N4O2. The number of primary amides is 1. The van der Waals surface area contributed by atoms with Crippen molar-refractivity contribution in [2.45, 2.75) is 19.9 Å². The second-order valence-corrected chi connectivity index (χ2v) is 3.90. The average molecular weight is 246 g/mol. The summed E-state index contributed by atoms with van der Waals surface area (Å²) in [6, 6.07) is 7.41. The van der Waals surface area contributed by atoms with Gasteiger partial charge in [0.05, 0.1) is 12.2 Å². The number of para-hydroxylation sites is 1. The quantitative estimate of drug-likeness (QED) is 0.812. The van der Waals surface area contributed by atoms with E-state index in [4.69, 9.17) is 5.73 Å². The number of hydrazine groups is 1. The first-order chi connectivity index (χ1) is 8.61. The Labute approximate surface area is 104 Å². The van der Waals surface area contributed by atoms with Gasteiger partial charge < -0.3 is 5.73 Å². The Hall–Kier alpha value is -2.37. The monoisotopic (exact) mass is 246 g/mol. The summed E-state index contributed by atoms with van der Waals surface area (Å²) in [5.74, 6) is -0.806. The van der Waals surface area contributed by atoms with Crippen molar-refractivity contribution in [1.82, 2.24) is 10.4 Å². The maximum Gasteiger partial charge on any atom is 0.286 e. The molecule has 2 rings (SSSR count). The van der Waals surface area contributed by atoms with Gasteiger partial charge in [0, 0.05) is 6.42 Å². The number of nitrogens with two attached hydrogens (primary N) is 1. The van der Waals surface area contributed by atoms with Crippen LogP contribution in [0, 0.1) is 0 Å². The first kappa shape index (κ1) is 12.1. The molecule has 0 atom stereocenters. The molecule has 1 heterocycles. The van der Waals surface area contributed by atoms with Gasteiger partial charge in [0.1, 0.15) is 0 Å². The molecule has 0 spiro atoms. The van der Waals surface area contributed by atoms with Crippen LogP contribution in [-0.2, 0) is 16.1 Å². The highest BCUT2D eigenvalue weighted by atomic mass is 16.2. The molecule has 1 aromatic carbocycles. The number of amides is 2. The number of carbonyl (C=O) groups is 2. The number of carbonyl (C=O) groups excluding carboxylic acids is 2. The molecule has 94 valence electrons. The summed E-state index contributed by atoms with van der Waals surface area (Å²) in [4.78, 5) is 26.9. The van der Waals surface area contributed by atoms with Crippen LogP contribution < -0.4 is 11.2 Å². The molecule has 0 fully saturated rings. The van der Waals surface area contributed by atoms with Crippen molar-refractivity contribution in [3.63, 3.8) is 0 Å². The Morgan fingerprint density at radius 1 is 1.44 bits per heavy atom. The molecule has 0 bridgehead atoms. The lowest BCUT2D eigenvalue weighted by Gasteiger charge is -2.28. The molecule has 2 amide bonds. The molecule has 0 saturated carbocycles. The van der Waals surface area contributed by atoms with Crippen molar-refractivity contribution >= 4 is 23.3 Å². The van der Waals surface area contributed by atoms with Crippen LogP contribution in [0.1, 0.15) is 18.9 Å². The fraction of sp³-hybridized carbons (Fsp3) is 0.250. The van der Waals surface area contributed by atoms with Gasteiger partial charge in [-0.2, -0.15) is 0 Å². The number of rotatable bonds is 3. The average Bonchev–Trinajstić information content (AvgIpc) is 2.37. The minimum Gasteiger partial charge on any atom is -0.363 e. The van der Waals surface area contributed by atoms with Crippen LogP contribution in [0.15, 0.2) is 29.3 Å². The first-order valence-corrected chi connectivity index (χ1v) is 5.65. The molecule has 1 aliphatic rings. The van der Waals surface area contributed by atoms with E-state index in [9.17, 15) is 9.59 Å². The summed E-state index contributed by atoms with van der Waals surface area (Å²) >= 11 is 0. The number of fused-ring (bicyclic) bond motifs is 1. The third-order valence-electron chi connectivity index (χ3n) is 2.60. The molecule has 3 N–H and O–H groups in total. The van der Waals surface area contributed by atoms with Gasteiger partial charge in [0.25, 0.3) is 5.91 Å². The Morgan fingerprint density at radius 3 is 2.83 bits per heavy atom. The highest BCUT2D eigenvalue weighted by Gasteiger charge is 2.24. The van der Waals surface area contributed by atoms with E-state index in [1.807, 2.05) is 18.2 Å². The van der Waals surface area contributed by atoms with Crippen LogP contribution in [0.25, 0.3) is 0 Å². The molecule has 6 nitrogen and oxygen atoms in total. The normalized spacial score (nSPS) is 13.6. The largest absolute Gasteiger partial charge is 0.363 e. The smallest absolute Gasteiger partial charge is 0.286 e. The van der Waals surface area contributed by atoms with Crippen LogP contribution in [0.4, 0.5) is 5.69 Å². The van der Waals surface area contributed by atoms with Crippen molar-refractivity contribution < 1.29 is 9.59 Å². The lowest BCUT2D eigenvalue weighted by molar-refractivity contribution is -0.124. The van der Waals surface area contributed by atoms with Crippen LogP contribution >= 0.6 is 0 Å². The van der Waals surface area contributed by atoms with Gasteiger partial charge in [-0.3, -0.25) is 20.0 Å². The van der Waals surface area contributed by atoms with E-state index >= 15 is 0 Å². The Kier molecular flexibility index (Phi) is 3.27. The van der Waals surface area contributed by atoms with E-state index in [2.05, 4.69) is 10.4 Å². The fourth-order valence-corrected chi connectivity index (χ4v) is 1.68. The second kappa shape index (κ2) is 4.87. The Morgan fingerprint density at radius 2 is 2.17 bits per heavy atom. The molecular weight excluding hydrogens is 232 g/mol. The molecule has 18 heavy (non-hydrogen) atoms. The van der Waals surface area contributed by atoms with Crippen molar-refractivity contribution in [2.24, 2.45) is 10.7 Å². The predicted octanol–water partition coefficient (Wildman–Crippen LogP) is 0.459. The standard InChI is InChI=1S/C12H14N4O2/c1-2-10(17)15-16-7-8-5-3-4-6-9(8)14-12(16)11(13)18/h3-6H,2,7H2,1H3,(H2,13,18)(H,15,17). The lowest BCUT2D eigenvalue weighted by Crippen LogP contribution is -2.51. The number of nitrogens with one attached hydrogen (secondary N) is 1. The molecule has 0 saturated heterocycles. The Balaban J connectivity index is 2.33. The van der Waals surface area contributed by atoms with Gasteiger partial charge >= 0.3 is 0 Å². The maximum atomic E-state index is 11.4. The van der Waals surface area contributed by atoms with Gasteiger partial charge in [-0.1, -0.05) is 25.1 Å². The summed E-state index contributed by atoms with van der Waals surface area (Å²) in [6.07, 6.45) is 0.324. The fourth-order valence-electron chi connectivity index (χ4n) is 1.68. The third kappa shape index (κ3) is 2.32. The number of benzene rings is 1. The molecule has 0 aliphatic carbocycles. The summed E-state index contributed by atoms with van der Waals surface area (Å²) in [5.41, 5.74) is 9.50. The van der Waals surface area contributed by atoms with Crippen LogP contribution in [0.3, 0.4) is 0 Å². The van der Waals surface area contributed by atoms with Gasteiger partial charge in [0.2, 0.25) is 11.7 Å². The summed E-state index contributed by atoms with van der Waals surface area (Å²) < 4.78 is 0. The molecule has 0 aromatic heterocycles. The SMILES string of the molecule is CCC(=O)NN1Cc2ccccc2N=C1C(N)=O. The number of amidine groups is 1. The van der Waals surface area contributed by atoms with E-state index in [-0.39, 0.29) is 11.7 Å². The predicted molar refractivity (Wildman–Crippen MR) is 66.7 cm³/mol. The van der Waals surface area contributed by atoms with E-state index < -0.39 is 5.91 Å². The van der Waals surface area contributed by atoms with Crippen molar-refractivity contribution in [3.8, 4) is 0 Å². The van der Waals surface area contributed by atoms with Crippen molar-refractivity contribution in [3.05, 3.63) is 29.8 Å². The van der Waals surface area contributed by atoms with E-state index in [0.717, 1.165) is 5.56 Å². The zero-order valence-electron chi connectivity index (χ0n) is 10.0. The van der Waals surface area contributed by atoms with E-state index in [1.54, 1.807) is 13.0 Å². The molecule has 6 heteroatoms. The molecule has 0 unspecified atom stereocenters. The number of hydrogen-bond donors (Lipinski definition) is 2. The topological polar surface area (TPSA) is 87.8 Å². The highest BCUT2D eigenvalue weighted by Crippen LogP contribution is 2.24. The lowest BCUT2D eigenvalue weighted by atomic mass is 10.1. The van der Waals surface area contributed by atoms with Crippen molar-refractivity contribution in [1.29, 1.82) is 0 Å². The zero-order chi connectivity index (χ0) is 13.1. The summed E-state index contributed by atoms with van der Waals surface area (Å²) in [6.45, 7) is 2.11. The molecule has 1 aliphatic heterocycles. The maximum absolute atomic E-state index is 11.4. The molecule has 0 radical (unpaired) electrons. The van der Waals surface area contributed by atoms with Crippen LogP contribution in [0.2, 0.25) is 0 Å². The number of hydrogen-bond acceptors (Lipinski definition) is 4. The minimum absolute atomic E-state index is 0.0514. The summed E-state index contributed by atoms with van der Waals surface area (Å²) in [5, 5.41) is 1.39. The first-order valence-electron chi connectivity index (χ1n) is 5.65. The van der Waals surface area contributed by atoms with Crippen molar-refractivity contribution in [2.75, 3.05) is 0 Å². The van der Waals surface area contributed by atoms with Gasteiger partial charge in [-0.25, -0.2) is 4.99 Å². The second-order valence-electron chi connectivity index (χ2n) is 3.90. The number of aliphatic imine (C=N–C) groups is 1. The van der Waals surface area contributed by atoms with Gasteiger partial charge in [-0.05, 0) is 11.6 Å². The van der Waals surface area contributed by atoms with Crippen LogP contribution in [-0.4, -0.2) is 22.7 Å². The highest BCUT2D eigenvalue weighted by molar-refractivity contribution is 6.38.